The molecular weight excluding hydrogens is 335 g/mol. The van der Waals surface area contributed by atoms with Crippen molar-refractivity contribution in [3.8, 4) is 5.75 Å². The van der Waals surface area contributed by atoms with E-state index in [1.54, 1.807) is 12.1 Å². The van der Waals surface area contributed by atoms with Gasteiger partial charge in [-0.2, -0.15) is 17.5 Å². The summed E-state index contributed by atoms with van der Waals surface area (Å²) in [4.78, 5) is 0. The Hall–Kier alpha value is -1.32. The zero-order valence-corrected chi connectivity index (χ0v) is 13.4. The Bertz CT molecular complexity index is 616. The fourth-order valence-electron chi connectivity index (χ4n) is 2.10. The zero-order chi connectivity index (χ0) is 17.1. The van der Waals surface area contributed by atoms with Crippen LogP contribution < -0.4 is 4.74 Å². The molecule has 1 aliphatic heterocycles. The van der Waals surface area contributed by atoms with Crippen LogP contribution in [-0.2, 0) is 14.8 Å². The highest BCUT2D eigenvalue weighted by Crippen LogP contribution is 2.26. The van der Waals surface area contributed by atoms with Crippen LogP contribution in [0.5, 0.6) is 5.75 Å². The van der Waals surface area contributed by atoms with Crippen LogP contribution in [0.3, 0.4) is 0 Å². The number of morpholine rings is 1. The average Bonchev–Trinajstić information content (AvgIpc) is 2.48. The highest BCUT2D eigenvalue weighted by molar-refractivity contribution is 7.89. The maximum absolute atomic E-state index is 12.6. The standard InChI is InChI=1S/C14H18F3NO4S/c1-11-2-4-12(5-3-11)21-8-9-23(19,20)18-6-7-22-13(10-18)14(15,16)17/h2-5,13H,6-10H2,1H3/t13-/m0/s1. The number of ether oxygens (including phenoxy) is 2. The molecule has 0 N–H and O–H groups in total. The average molecular weight is 353 g/mol. The summed E-state index contributed by atoms with van der Waals surface area (Å²) in [5, 5.41) is 0. The molecule has 1 aromatic carbocycles. The monoisotopic (exact) mass is 353 g/mol. The topological polar surface area (TPSA) is 55.8 Å². The van der Waals surface area contributed by atoms with Crippen LogP contribution in [0.4, 0.5) is 13.2 Å². The Morgan fingerprint density at radius 2 is 1.96 bits per heavy atom. The first-order chi connectivity index (χ1) is 10.7. The maximum Gasteiger partial charge on any atom is 0.415 e. The highest BCUT2D eigenvalue weighted by atomic mass is 32.2. The number of hydrogen-bond acceptors (Lipinski definition) is 4. The van der Waals surface area contributed by atoms with Gasteiger partial charge in [-0.05, 0) is 19.1 Å². The Morgan fingerprint density at radius 1 is 1.30 bits per heavy atom. The quantitative estimate of drug-likeness (QED) is 0.812. The minimum atomic E-state index is -4.58. The summed E-state index contributed by atoms with van der Waals surface area (Å²) in [6, 6.07) is 7.05. The van der Waals surface area contributed by atoms with Gasteiger partial charge in [0.15, 0.2) is 6.10 Å². The van der Waals surface area contributed by atoms with Crippen molar-refractivity contribution in [2.24, 2.45) is 0 Å². The molecule has 0 saturated carbocycles. The first kappa shape index (κ1) is 18.0. The van der Waals surface area contributed by atoms with E-state index in [9.17, 15) is 21.6 Å². The van der Waals surface area contributed by atoms with Crippen LogP contribution in [0.25, 0.3) is 0 Å². The second kappa shape index (κ2) is 7.06. The van der Waals surface area contributed by atoms with Crippen LogP contribution in [0.15, 0.2) is 24.3 Å². The van der Waals surface area contributed by atoms with Gasteiger partial charge in [-0.1, -0.05) is 17.7 Å². The van der Waals surface area contributed by atoms with Gasteiger partial charge < -0.3 is 9.47 Å². The summed E-state index contributed by atoms with van der Waals surface area (Å²) in [6.07, 6.45) is -6.66. The second-order valence-corrected chi connectivity index (χ2v) is 7.33. The maximum atomic E-state index is 12.6. The summed E-state index contributed by atoms with van der Waals surface area (Å²) >= 11 is 0. The molecule has 0 aliphatic carbocycles. The minimum Gasteiger partial charge on any atom is -0.492 e. The molecule has 0 amide bonds. The molecule has 23 heavy (non-hydrogen) atoms. The Balaban J connectivity index is 1.89. The Labute approximate surface area is 133 Å². The third-order valence-electron chi connectivity index (χ3n) is 3.42. The van der Waals surface area contributed by atoms with Gasteiger partial charge in [0, 0.05) is 13.1 Å². The number of alkyl halides is 3. The van der Waals surface area contributed by atoms with Crippen molar-refractivity contribution in [3.63, 3.8) is 0 Å². The van der Waals surface area contributed by atoms with Crippen LogP contribution in [0, 0.1) is 6.92 Å². The minimum absolute atomic E-state index is 0.0839. The number of rotatable bonds is 5. The summed E-state index contributed by atoms with van der Waals surface area (Å²) in [6.45, 7) is 0.710. The summed E-state index contributed by atoms with van der Waals surface area (Å²) < 4.78 is 72.9. The largest absolute Gasteiger partial charge is 0.492 e. The van der Waals surface area contributed by atoms with Gasteiger partial charge in [0.1, 0.15) is 12.4 Å². The van der Waals surface area contributed by atoms with E-state index in [0.29, 0.717) is 5.75 Å². The van der Waals surface area contributed by atoms with Gasteiger partial charge >= 0.3 is 6.18 Å². The van der Waals surface area contributed by atoms with Crippen molar-refractivity contribution in [1.82, 2.24) is 4.31 Å². The van der Waals surface area contributed by atoms with E-state index >= 15 is 0 Å². The van der Waals surface area contributed by atoms with Crippen LogP contribution in [0.1, 0.15) is 5.56 Å². The number of benzene rings is 1. The highest BCUT2D eigenvalue weighted by Gasteiger charge is 2.45. The van der Waals surface area contributed by atoms with Crippen molar-refractivity contribution in [2.75, 3.05) is 32.1 Å². The first-order valence-corrected chi connectivity index (χ1v) is 8.65. The molecule has 0 unspecified atom stereocenters. The Morgan fingerprint density at radius 3 is 2.57 bits per heavy atom. The molecule has 0 aromatic heterocycles. The lowest BCUT2D eigenvalue weighted by Crippen LogP contribution is -2.51. The third-order valence-corrected chi connectivity index (χ3v) is 5.22. The smallest absolute Gasteiger partial charge is 0.415 e. The predicted octanol–water partition coefficient (Wildman–Crippen LogP) is 1.97. The summed E-state index contributed by atoms with van der Waals surface area (Å²) in [5.41, 5.74) is 1.04. The molecular formula is C14H18F3NO4S. The van der Waals surface area contributed by atoms with Gasteiger partial charge in [-0.3, -0.25) is 0 Å². The van der Waals surface area contributed by atoms with Crippen molar-refractivity contribution in [2.45, 2.75) is 19.2 Å². The van der Waals surface area contributed by atoms with Crippen molar-refractivity contribution in [1.29, 1.82) is 0 Å². The first-order valence-electron chi connectivity index (χ1n) is 7.04. The van der Waals surface area contributed by atoms with Crippen LogP contribution >= 0.6 is 0 Å². The molecule has 1 fully saturated rings. The molecule has 0 radical (unpaired) electrons. The normalized spacial score (nSPS) is 20.4. The van der Waals surface area contributed by atoms with Crippen molar-refractivity contribution in [3.05, 3.63) is 29.8 Å². The van der Waals surface area contributed by atoms with E-state index in [4.69, 9.17) is 4.74 Å². The van der Waals surface area contributed by atoms with E-state index < -0.39 is 28.8 Å². The molecule has 1 saturated heterocycles. The predicted molar refractivity (Wildman–Crippen MR) is 77.8 cm³/mol. The van der Waals surface area contributed by atoms with Gasteiger partial charge in [0.25, 0.3) is 0 Å². The lowest BCUT2D eigenvalue weighted by atomic mass is 10.2. The van der Waals surface area contributed by atoms with E-state index in [0.717, 1.165) is 9.87 Å². The number of aryl methyl sites for hydroxylation is 1. The zero-order valence-electron chi connectivity index (χ0n) is 12.5. The molecule has 1 aromatic rings. The molecule has 130 valence electrons. The third kappa shape index (κ3) is 5.08. The lowest BCUT2D eigenvalue weighted by Gasteiger charge is -2.32. The molecule has 2 rings (SSSR count). The van der Waals surface area contributed by atoms with E-state index in [1.165, 1.54) is 0 Å². The summed E-state index contributed by atoms with van der Waals surface area (Å²) in [7, 11) is -3.83. The van der Waals surface area contributed by atoms with Gasteiger partial charge in [0.2, 0.25) is 10.0 Å². The molecule has 1 heterocycles. The molecule has 1 aliphatic rings. The van der Waals surface area contributed by atoms with Crippen LogP contribution in [-0.4, -0.2) is 57.1 Å². The van der Waals surface area contributed by atoms with E-state index in [1.807, 2.05) is 19.1 Å². The number of sulfonamides is 1. The van der Waals surface area contributed by atoms with Crippen LogP contribution in [0.2, 0.25) is 0 Å². The van der Waals surface area contributed by atoms with Gasteiger partial charge in [-0.25, -0.2) is 8.42 Å². The van der Waals surface area contributed by atoms with Gasteiger partial charge in [0.05, 0.1) is 12.4 Å². The molecule has 0 spiro atoms. The van der Waals surface area contributed by atoms with E-state index in [-0.39, 0.29) is 25.5 Å². The number of nitrogens with zero attached hydrogens (tertiary/aromatic N) is 1. The fraction of sp³-hybridized carbons (Fsp3) is 0.571. The van der Waals surface area contributed by atoms with Crippen molar-refractivity contribution < 1.29 is 31.1 Å². The summed E-state index contributed by atoms with van der Waals surface area (Å²) in [5.74, 6) is 0.131. The van der Waals surface area contributed by atoms with Crippen molar-refractivity contribution >= 4 is 10.0 Å². The molecule has 5 nitrogen and oxygen atoms in total. The number of hydrogen-bond donors (Lipinski definition) is 0. The fourth-order valence-corrected chi connectivity index (χ4v) is 3.37. The second-order valence-electron chi connectivity index (χ2n) is 5.24. The van der Waals surface area contributed by atoms with Gasteiger partial charge in [-0.15, -0.1) is 0 Å². The Kier molecular flexibility index (Phi) is 5.53. The van der Waals surface area contributed by atoms with E-state index in [2.05, 4.69) is 4.74 Å². The molecule has 9 heteroatoms. The number of halogens is 3. The molecule has 1 atom stereocenters. The molecule has 0 bridgehead atoms. The SMILES string of the molecule is Cc1ccc(OCCS(=O)(=O)N2CCO[C@H](C(F)(F)F)C2)cc1. The lowest BCUT2D eigenvalue weighted by molar-refractivity contribution is -0.231.